The van der Waals surface area contributed by atoms with Crippen LogP contribution in [-0.4, -0.2) is 17.2 Å². The van der Waals surface area contributed by atoms with Gasteiger partial charge in [0.2, 0.25) is 0 Å². The summed E-state index contributed by atoms with van der Waals surface area (Å²) in [6, 6.07) is 12.2. The summed E-state index contributed by atoms with van der Waals surface area (Å²) in [6.07, 6.45) is 1.41. The first kappa shape index (κ1) is 14.3. The monoisotopic (exact) mass is 332 g/mol. The molecule has 0 aliphatic carbocycles. The standard InChI is InChI=1S/C15H13BrN2O2/c1-10-5-6-12(14(19)7-10)9-17-18-15(20)11-3-2-4-13(16)8-11/h2-9,19H,1H3,(H,18,20)/b17-9+. The van der Waals surface area contributed by atoms with Crippen molar-refractivity contribution in [2.45, 2.75) is 6.92 Å². The highest BCUT2D eigenvalue weighted by atomic mass is 79.9. The van der Waals surface area contributed by atoms with Gasteiger partial charge in [-0.3, -0.25) is 4.79 Å². The number of halogens is 1. The van der Waals surface area contributed by atoms with Gasteiger partial charge in [0.15, 0.2) is 0 Å². The van der Waals surface area contributed by atoms with Gasteiger partial charge in [0, 0.05) is 15.6 Å². The third kappa shape index (κ3) is 3.68. The zero-order valence-electron chi connectivity index (χ0n) is 10.8. The van der Waals surface area contributed by atoms with Crippen molar-refractivity contribution in [2.75, 3.05) is 0 Å². The molecule has 0 atom stereocenters. The second-order valence-electron chi connectivity index (χ2n) is 4.27. The van der Waals surface area contributed by atoms with E-state index in [-0.39, 0.29) is 11.7 Å². The smallest absolute Gasteiger partial charge is 0.271 e. The Morgan fingerprint density at radius 3 is 2.80 bits per heavy atom. The first-order valence-corrected chi connectivity index (χ1v) is 6.74. The number of aryl methyl sites for hydroxylation is 1. The number of phenols is 1. The number of carbonyl (C=O) groups excluding carboxylic acids is 1. The molecule has 0 aliphatic heterocycles. The Kier molecular flexibility index (Phi) is 4.53. The van der Waals surface area contributed by atoms with Crippen molar-refractivity contribution >= 4 is 28.1 Å². The van der Waals surface area contributed by atoms with Gasteiger partial charge in [0.05, 0.1) is 6.21 Å². The number of nitrogens with zero attached hydrogens (tertiary/aromatic N) is 1. The average Bonchev–Trinajstić information content (AvgIpc) is 2.41. The second kappa shape index (κ2) is 6.34. The number of amides is 1. The second-order valence-corrected chi connectivity index (χ2v) is 5.19. The van der Waals surface area contributed by atoms with Crippen LogP contribution in [0.3, 0.4) is 0 Å². The van der Waals surface area contributed by atoms with E-state index in [0.29, 0.717) is 11.1 Å². The fourth-order valence-electron chi connectivity index (χ4n) is 1.62. The maximum atomic E-state index is 11.8. The summed E-state index contributed by atoms with van der Waals surface area (Å²) >= 11 is 3.30. The lowest BCUT2D eigenvalue weighted by Crippen LogP contribution is -2.17. The highest BCUT2D eigenvalue weighted by Crippen LogP contribution is 2.16. The van der Waals surface area contributed by atoms with Crippen LogP contribution in [0.2, 0.25) is 0 Å². The molecule has 2 rings (SSSR count). The summed E-state index contributed by atoms with van der Waals surface area (Å²) < 4.78 is 0.824. The van der Waals surface area contributed by atoms with Crippen molar-refractivity contribution in [2.24, 2.45) is 5.10 Å². The molecule has 0 saturated carbocycles. The van der Waals surface area contributed by atoms with Crippen LogP contribution in [0, 0.1) is 6.92 Å². The van der Waals surface area contributed by atoms with Gasteiger partial charge >= 0.3 is 0 Å². The minimum absolute atomic E-state index is 0.130. The molecule has 5 heteroatoms. The fourth-order valence-corrected chi connectivity index (χ4v) is 2.02. The molecule has 0 unspecified atom stereocenters. The van der Waals surface area contributed by atoms with Crippen molar-refractivity contribution in [1.82, 2.24) is 5.43 Å². The van der Waals surface area contributed by atoms with Gasteiger partial charge in [0.25, 0.3) is 5.91 Å². The van der Waals surface area contributed by atoms with Crippen molar-refractivity contribution in [1.29, 1.82) is 0 Å². The number of aromatic hydroxyl groups is 1. The highest BCUT2D eigenvalue weighted by molar-refractivity contribution is 9.10. The number of rotatable bonds is 3. The van der Waals surface area contributed by atoms with Crippen LogP contribution in [0.1, 0.15) is 21.5 Å². The number of nitrogens with one attached hydrogen (secondary N) is 1. The Balaban J connectivity index is 2.04. The molecule has 2 aromatic carbocycles. The first-order chi connectivity index (χ1) is 9.56. The van der Waals surface area contributed by atoms with E-state index in [2.05, 4.69) is 26.5 Å². The maximum absolute atomic E-state index is 11.8. The van der Waals surface area contributed by atoms with Crippen molar-refractivity contribution in [3.63, 3.8) is 0 Å². The van der Waals surface area contributed by atoms with Gasteiger partial charge in [-0.2, -0.15) is 5.10 Å². The Morgan fingerprint density at radius 2 is 2.10 bits per heavy atom. The van der Waals surface area contributed by atoms with Crippen molar-refractivity contribution < 1.29 is 9.90 Å². The van der Waals surface area contributed by atoms with Crippen LogP contribution in [0.5, 0.6) is 5.75 Å². The molecule has 2 aromatic rings. The summed E-state index contributed by atoms with van der Waals surface area (Å²) in [7, 11) is 0. The fraction of sp³-hybridized carbons (Fsp3) is 0.0667. The molecule has 0 bridgehead atoms. The summed E-state index contributed by atoms with van der Waals surface area (Å²) in [5, 5.41) is 13.5. The molecule has 0 aliphatic rings. The molecular weight excluding hydrogens is 320 g/mol. The molecule has 4 nitrogen and oxygen atoms in total. The Bertz CT molecular complexity index is 669. The van der Waals surface area contributed by atoms with E-state index in [9.17, 15) is 9.90 Å². The summed E-state index contributed by atoms with van der Waals surface area (Å²) in [6.45, 7) is 1.88. The molecule has 0 fully saturated rings. The number of hydrazone groups is 1. The van der Waals surface area contributed by atoms with Crippen LogP contribution in [0.4, 0.5) is 0 Å². The van der Waals surface area contributed by atoms with Crippen LogP contribution >= 0.6 is 15.9 Å². The van der Waals surface area contributed by atoms with E-state index in [1.807, 2.05) is 19.1 Å². The lowest BCUT2D eigenvalue weighted by Gasteiger charge is -2.01. The number of benzene rings is 2. The van der Waals surface area contributed by atoms with E-state index in [0.717, 1.165) is 10.0 Å². The van der Waals surface area contributed by atoms with E-state index in [4.69, 9.17) is 0 Å². The molecule has 102 valence electrons. The molecule has 0 aromatic heterocycles. The van der Waals surface area contributed by atoms with Gasteiger partial charge in [-0.15, -0.1) is 0 Å². The van der Waals surface area contributed by atoms with Gasteiger partial charge in [-0.25, -0.2) is 5.43 Å². The molecule has 1 amide bonds. The Morgan fingerprint density at radius 1 is 1.30 bits per heavy atom. The number of hydrogen-bond donors (Lipinski definition) is 2. The van der Waals surface area contributed by atoms with E-state index in [1.54, 1.807) is 30.3 Å². The molecule has 20 heavy (non-hydrogen) atoms. The third-order valence-electron chi connectivity index (χ3n) is 2.64. The van der Waals surface area contributed by atoms with E-state index in [1.165, 1.54) is 6.21 Å². The molecule has 0 heterocycles. The van der Waals surface area contributed by atoms with Gasteiger partial charge in [0.1, 0.15) is 5.75 Å². The largest absolute Gasteiger partial charge is 0.507 e. The number of carbonyl (C=O) groups is 1. The maximum Gasteiger partial charge on any atom is 0.271 e. The number of phenolic OH excluding ortho intramolecular Hbond substituents is 1. The zero-order chi connectivity index (χ0) is 14.5. The summed E-state index contributed by atoms with van der Waals surface area (Å²) in [4.78, 5) is 11.8. The van der Waals surface area contributed by atoms with Gasteiger partial charge in [-0.05, 0) is 42.8 Å². The van der Waals surface area contributed by atoms with Crippen molar-refractivity contribution in [3.8, 4) is 5.75 Å². The van der Waals surface area contributed by atoms with E-state index >= 15 is 0 Å². The lowest BCUT2D eigenvalue weighted by molar-refractivity contribution is 0.0955. The van der Waals surface area contributed by atoms with Crippen LogP contribution in [-0.2, 0) is 0 Å². The molecule has 2 N–H and O–H groups in total. The Labute approximate surface area is 125 Å². The lowest BCUT2D eigenvalue weighted by atomic mass is 10.1. The minimum Gasteiger partial charge on any atom is -0.507 e. The van der Waals surface area contributed by atoms with Crippen LogP contribution in [0.15, 0.2) is 52.0 Å². The predicted molar refractivity (Wildman–Crippen MR) is 82.0 cm³/mol. The SMILES string of the molecule is Cc1ccc(/C=N/NC(=O)c2cccc(Br)c2)c(O)c1. The summed E-state index contributed by atoms with van der Waals surface area (Å²) in [5.74, 6) is -0.181. The quantitative estimate of drug-likeness (QED) is 0.669. The highest BCUT2D eigenvalue weighted by Gasteiger charge is 2.04. The zero-order valence-corrected chi connectivity index (χ0v) is 12.4. The first-order valence-electron chi connectivity index (χ1n) is 5.95. The normalized spacial score (nSPS) is 10.7. The van der Waals surface area contributed by atoms with Crippen LogP contribution < -0.4 is 5.43 Å². The molecule has 0 saturated heterocycles. The predicted octanol–water partition coefficient (Wildman–Crippen LogP) is 3.23. The van der Waals surface area contributed by atoms with Crippen molar-refractivity contribution in [3.05, 3.63) is 63.6 Å². The molecule has 0 spiro atoms. The topological polar surface area (TPSA) is 61.7 Å². The van der Waals surface area contributed by atoms with Crippen LogP contribution in [0.25, 0.3) is 0 Å². The molecule has 0 radical (unpaired) electrons. The minimum atomic E-state index is -0.311. The van der Waals surface area contributed by atoms with Gasteiger partial charge in [-0.1, -0.05) is 28.1 Å². The number of hydrogen-bond acceptors (Lipinski definition) is 3. The molecular formula is C15H13BrN2O2. The van der Waals surface area contributed by atoms with E-state index < -0.39 is 0 Å². The summed E-state index contributed by atoms with van der Waals surface area (Å²) in [5.41, 5.74) is 4.42. The Hall–Kier alpha value is -2.14. The van der Waals surface area contributed by atoms with Gasteiger partial charge < -0.3 is 5.11 Å². The average molecular weight is 333 g/mol. The third-order valence-corrected chi connectivity index (χ3v) is 3.14.